The third-order valence-corrected chi connectivity index (χ3v) is 4.65. The summed E-state index contributed by atoms with van der Waals surface area (Å²) in [6.45, 7) is 0.318. The van der Waals surface area contributed by atoms with Gasteiger partial charge in [-0.25, -0.2) is 0 Å². The molecule has 0 amide bonds. The van der Waals surface area contributed by atoms with Gasteiger partial charge in [-0.15, -0.1) is 0 Å². The number of para-hydroxylation sites is 1. The van der Waals surface area contributed by atoms with Crippen LogP contribution >= 0.6 is 0 Å². The van der Waals surface area contributed by atoms with Crippen LogP contribution in [0.25, 0.3) is 22.2 Å². The summed E-state index contributed by atoms with van der Waals surface area (Å²) in [5, 5.41) is 9.94. The summed E-state index contributed by atoms with van der Waals surface area (Å²) < 4.78 is 7.46. The van der Waals surface area contributed by atoms with E-state index in [1.165, 1.54) is 0 Å². The Hall–Kier alpha value is -3.84. The smallest absolute Gasteiger partial charge is 0.326 e. The van der Waals surface area contributed by atoms with Crippen molar-refractivity contribution in [2.45, 2.75) is 13.2 Å². The molecule has 4 aromatic rings. The monoisotopic (exact) mass is 366 g/mol. The number of benzene rings is 3. The first-order valence-corrected chi connectivity index (χ1v) is 9.03. The van der Waals surface area contributed by atoms with Crippen molar-refractivity contribution in [1.29, 1.82) is 5.26 Å². The number of carbonyl (C=O) groups is 1. The number of nitrogens with zero attached hydrogens (tertiary/aromatic N) is 2. The SMILES string of the molecule is N#Cc1ccc(COC(=O)Cn2c(-c3ccccc3)cc3ccccc32)cc1. The first-order chi connectivity index (χ1) is 13.7. The highest BCUT2D eigenvalue weighted by Gasteiger charge is 2.14. The van der Waals surface area contributed by atoms with E-state index in [0.717, 1.165) is 27.7 Å². The van der Waals surface area contributed by atoms with Gasteiger partial charge in [-0.3, -0.25) is 4.79 Å². The van der Waals surface area contributed by atoms with Gasteiger partial charge < -0.3 is 9.30 Å². The average Bonchev–Trinajstić information content (AvgIpc) is 3.12. The van der Waals surface area contributed by atoms with Crippen molar-refractivity contribution < 1.29 is 9.53 Å². The van der Waals surface area contributed by atoms with Crippen LogP contribution in [0.4, 0.5) is 0 Å². The molecule has 0 saturated heterocycles. The number of hydrogen-bond donors (Lipinski definition) is 0. The Balaban J connectivity index is 1.56. The number of hydrogen-bond acceptors (Lipinski definition) is 3. The molecule has 28 heavy (non-hydrogen) atoms. The third-order valence-electron chi connectivity index (χ3n) is 4.65. The molecule has 4 nitrogen and oxygen atoms in total. The zero-order valence-electron chi connectivity index (χ0n) is 15.2. The second-order valence-corrected chi connectivity index (χ2v) is 6.51. The van der Waals surface area contributed by atoms with E-state index in [0.29, 0.717) is 5.56 Å². The Morgan fingerprint density at radius 3 is 2.39 bits per heavy atom. The van der Waals surface area contributed by atoms with Gasteiger partial charge in [0.1, 0.15) is 13.2 Å². The van der Waals surface area contributed by atoms with Crippen molar-refractivity contribution in [3.63, 3.8) is 0 Å². The molecular formula is C24H18N2O2. The van der Waals surface area contributed by atoms with E-state index in [2.05, 4.69) is 12.1 Å². The molecule has 0 radical (unpaired) electrons. The Labute approximate surface area is 163 Å². The summed E-state index contributed by atoms with van der Waals surface area (Å²) in [5.74, 6) is -0.303. The van der Waals surface area contributed by atoms with Crippen LogP contribution in [0.1, 0.15) is 11.1 Å². The van der Waals surface area contributed by atoms with Gasteiger partial charge in [0.2, 0.25) is 0 Å². The highest BCUT2D eigenvalue weighted by molar-refractivity contribution is 5.88. The molecule has 0 N–H and O–H groups in total. The maximum atomic E-state index is 12.5. The largest absolute Gasteiger partial charge is 0.459 e. The summed E-state index contributed by atoms with van der Waals surface area (Å²) >= 11 is 0. The van der Waals surface area contributed by atoms with E-state index < -0.39 is 0 Å². The molecule has 1 heterocycles. The van der Waals surface area contributed by atoms with Crippen molar-refractivity contribution in [3.05, 3.63) is 96.1 Å². The van der Waals surface area contributed by atoms with Crippen molar-refractivity contribution in [1.82, 2.24) is 4.57 Å². The second kappa shape index (κ2) is 7.81. The lowest BCUT2D eigenvalue weighted by molar-refractivity contribution is -0.145. The van der Waals surface area contributed by atoms with Crippen molar-refractivity contribution >= 4 is 16.9 Å². The van der Waals surface area contributed by atoms with Crippen LogP contribution in [0.15, 0.2) is 84.9 Å². The van der Waals surface area contributed by atoms with Crippen LogP contribution in [0, 0.1) is 11.3 Å². The average molecular weight is 366 g/mol. The maximum absolute atomic E-state index is 12.5. The number of nitriles is 1. The lowest BCUT2D eigenvalue weighted by Gasteiger charge is -2.11. The van der Waals surface area contributed by atoms with Gasteiger partial charge >= 0.3 is 5.97 Å². The van der Waals surface area contributed by atoms with Crippen LogP contribution in [0.3, 0.4) is 0 Å². The molecule has 0 spiro atoms. The van der Waals surface area contributed by atoms with Crippen LogP contribution < -0.4 is 0 Å². The fourth-order valence-corrected chi connectivity index (χ4v) is 3.24. The molecule has 0 saturated carbocycles. The summed E-state index contributed by atoms with van der Waals surface area (Å²) in [5.41, 5.74) is 4.47. The summed E-state index contributed by atoms with van der Waals surface area (Å²) in [7, 11) is 0. The van der Waals surface area contributed by atoms with E-state index in [1.54, 1.807) is 24.3 Å². The predicted molar refractivity (Wildman–Crippen MR) is 108 cm³/mol. The van der Waals surface area contributed by atoms with E-state index in [9.17, 15) is 4.79 Å². The Morgan fingerprint density at radius 2 is 1.64 bits per heavy atom. The number of fused-ring (bicyclic) bond motifs is 1. The molecule has 0 fully saturated rings. The van der Waals surface area contributed by atoms with Crippen LogP contribution in [0.5, 0.6) is 0 Å². The van der Waals surface area contributed by atoms with Gasteiger partial charge in [-0.05, 0) is 35.4 Å². The minimum Gasteiger partial charge on any atom is -0.459 e. The molecule has 0 aliphatic rings. The summed E-state index contributed by atoms with van der Waals surface area (Å²) in [4.78, 5) is 12.5. The fraction of sp³-hybridized carbons (Fsp3) is 0.0833. The van der Waals surface area contributed by atoms with E-state index >= 15 is 0 Å². The second-order valence-electron chi connectivity index (χ2n) is 6.51. The van der Waals surface area contributed by atoms with Crippen LogP contribution in [0.2, 0.25) is 0 Å². The van der Waals surface area contributed by atoms with E-state index in [-0.39, 0.29) is 19.1 Å². The van der Waals surface area contributed by atoms with Gasteiger partial charge in [0.05, 0.1) is 11.6 Å². The molecule has 4 heteroatoms. The molecule has 0 unspecified atom stereocenters. The Morgan fingerprint density at radius 1 is 0.929 bits per heavy atom. The number of aromatic nitrogens is 1. The number of rotatable bonds is 5. The molecule has 0 aliphatic heterocycles. The zero-order chi connectivity index (χ0) is 19.3. The lowest BCUT2D eigenvalue weighted by Crippen LogP contribution is -2.14. The van der Waals surface area contributed by atoms with E-state index in [1.807, 2.05) is 59.2 Å². The van der Waals surface area contributed by atoms with Crippen LogP contribution in [-0.2, 0) is 22.7 Å². The molecule has 0 aliphatic carbocycles. The van der Waals surface area contributed by atoms with Crippen LogP contribution in [-0.4, -0.2) is 10.5 Å². The molecule has 1 aromatic heterocycles. The molecule has 0 atom stereocenters. The fourth-order valence-electron chi connectivity index (χ4n) is 3.24. The van der Waals surface area contributed by atoms with Gasteiger partial charge in [-0.2, -0.15) is 5.26 Å². The lowest BCUT2D eigenvalue weighted by atomic mass is 10.1. The quantitative estimate of drug-likeness (QED) is 0.471. The summed E-state index contributed by atoms with van der Waals surface area (Å²) in [6, 6.07) is 29.2. The first-order valence-electron chi connectivity index (χ1n) is 9.03. The Kier molecular flexibility index (Phi) is 4.90. The van der Waals surface area contributed by atoms with Crippen molar-refractivity contribution in [3.8, 4) is 17.3 Å². The number of esters is 1. The number of carbonyl (C=O) groups excluding carboxylic acids is 1. The summed E-state index contributed by atoms with van der Waals surface area (Å²) in [6.07, 6.45) is 0. The standard InChI is InChI=1S/C24H18N2O2/c25-15-18-10-12-19(13-11-18)17-28-24(27)16-26-22-9-5-4-8-21(22)14-23(26)20-6-2-1-3-7-20/h1-14H,16-17H2. The van der Waals surface area contributed by atoms with E-state index in [4.69, 9.17) is 10.00 Å². The van der Waals surface area contributed by atoms with Gasteiger partial charge in [-0.1, -0.05) is 60.7 Å². The Bertz CT molecular complexity index is 1150. The minimum atomic E-state index is -0.303. The molecular weight excluding hydrogens is 348 g/mol. The first kappa shape index (κ1) is 17.6. The van der Waals surface area contributed by atoms with Gasteiger partial charge in [0.25, 0.3) is 0 Å². The molecule has 136 valence electrons. The maximum Gasteiger partial charge on any atom is 0.326 e. The highest BCUT2D eigenvalue weighted by Crippen LogP contribution is 2.28. The number of ether oxygens (including phenoxy) is 1. The van der Waals surface area contributed by atoms with Gasteiger partial charge in [0, 0.05) is 16.6 Å². The third kappa shape index (κ3) is 3.65. The van der Waals surface area contributed by atoms with Gasteiger partial charge in [0.15, 0.2) is 0 Å². The van der Waals surface area contributed by atoms with Crippen molar-refractivity contribution in [2.24, 2.45) is 0 Å². The normalized spacial score (nSPS) is 10.5. The predicted octanol–water partition coefficient (Wildman–Crippen LogP) is 4.92. The minimum absolute atomic E-state index is 0.133. The molecule has 0 bridgehead atoms. The molecule has 4 rings (SSSR count). The zero-order valence-corrected chi connectivity index (χ0v) is 15.2. The highest BCUT2D eigenvalue weighted by atomic mass is 16.5. The molecule has 3 aromatic carbocycles. The topological polar surface area (TPSA) is 55.0 Å². The van der Waals surface area contributed by atoms with Crippen molar-refractivity contribution in [2.75, 3.05) is 0 Å².